The molecule has 21 heavy (non-hydrogen) atoms. The van der Waals surface area contributed by atoms with Crippen LogP contribution in [0.1, 0.15) is 17.4 Å². The average Bonchev–Trinajstić information content (AvgIpc) is 2.99. The molecule has 2 atom stereocenters. The van der Waals surface area contributed by atoms with Crippen LogP contribution in [0.4, 0.5) is 5.82 Å². The molecule has 2 aromatic rings. The Labute approximate surface area is 128 Å². The number of nitrogens with zero attached hydrogens (tertiary/aromatic N) is 3. The number of carbonyl (C=O) groups is 1. The fraction of sp³-hybridized carbons (Fsp3) is 0.533. The van der Waals surface area contributed by atoms with Gasteiger partial charge in [-0.15, -0.1) is 11.3 Å². The van der Waals surface area contributed by atoms with E-state index in [1.165, 1.54) is 17.6 Å². The lowest BCUT2D eigenvalue weighted by molar-refractivity contribution is -0.145. The highest BCUT2D eigenvalue weighted by atomic mass is 32.1. The summed E-state index contributed by atoms with van der Waals surface area (Å²) >= 11 is 1.69. The van der Waals surface area contributed by atoms with Crippen LogP contribution in [0.25, 0.3) is 10.2 Å². The summed E-state index contributed by atoms with van der Waals surface area (Å²) in [6.07, 6.45) is 1.61. The third kappa shape index (κ3) is 2.27. The molecular formula is C15H19N3O2S. The first-order chi connectivity index (χ1) is 10.0. The highest BCUT2D eigenvalue weighted by molar-refractivity contribution is 7.18. The van der Waals surface area contributed by atoms with Gasteiger partial charge in [0.05, 0.1) is 18.4 Å². The molecule has 2 aromatic heterocycles. The molecule has 5 nitrogen and oxygen atoms in total. The number of methoxy groups -OCH3 is 1. The van der Waals surface area contributed by atoms with Gasteiger partial charge in [-0.05, 0) is 25.3 Å². The third-order valence-corrected chi connectivity index (χ3v) is 5.48. The van der Waals surface area contributed by atoms with E-state index in [4.69, 9.17) is 4.74 Å². The number of fused-ring (bicyclic) bond motifs is 1. The second kappa shape index (κ2) is 5.26. The molecule has 1 aliphatic rings. The van der Waals surface area contributed by atoms with Crippen molar-refractivity contribution < 1.29 is 9.53 Å². The van der Waals surface area contributed by atoms with Crippen LogP contribution < -0.4 is 4.90 Å². The van der Waals surface area contributed by atoms with Crippen LogP contribution in [-0.4, -0.2) is 36.1 Å². The number of rotatable bonds is 2. The number of thiophene rings is 1. The zero-order valence-corrected chi connectivity index (χ0v) is 13.5. The lowest BCUT2D eigenvalue weighted by Crippen LogP contribution is -2.25. The fourth-order valence-corrected chi connectivity index (χ4v) is 3.99. The molecule has 3 rings (SSSR count). The summed E-state index contributed by atoms with van der Waals surface area (Å²) < 4.78 is 4.91. The lowest BCUT2D eigenvalue weighted by atomic mass is 9.99. The maximum Gasteiger partial charge on any atom is 0.310 e. The van der Waals surface area contributed by atoms with Gasteiger partial charge in [-0.2, -0.15) is 0 Å². The second-order valence-corrected chi connectivity index (χ2v) is 6.88. The summed E-state index contributed by atoms with van der Waals surface area (Å²) in [6, 6.07) is 0. The van der Waals surface area contributed by atoms with Gasteiger partial charge >= 0.3 is 5.97 Å². The van der Waals surface area contributed by atoms with E-state index in [9.17, 15) is 4.79 Å². The molecular weight excluding hydrogens is 286 g/mol. The highest BCUT2D eigenvalue weighted by Gasteiger charge is 2.37. The van der Waals surface area contributed by atoms with E-state index in [1.807, 2.05) is 0 Å². The van der Waals surface area contributed by atoms with Gasteiger partial charge in [-0.1, -0.05) is 6.92 Å². The topological polar surface area (TPSA) is 55.3 Å². The van der Waals surface area contributed by atoms with Crippen molar-refractivity contribution in [2.45, 2.75) is 20.8 Å². The summed E-state index contributed by atoms with van der Waals surface area (Å²) in [5.74, 6) is 0.996. The standard InChI is InChI=1S/C15H19N3O2S/c1-8-5-18(6-11(8)15(19)20-4)13-12-9(2)10(3)21-14(12)17-7-16-13/h7-8,11H,5-6H2,1-4H3. The van der Waals surface area contributed by atoms with Crippen LogP contribution in [0, 0.1) is 25.7 Å². The predicted octanol–water partition coefficient (Wildman–Crippen LogP) is 2.55. The average molecular weight is 305 g/mol. The van der Waals surface area contributed by atoms with E-state index in [1.54, 1.807) is 17.7 Å². The van der Waals surface area contributed by atoms with Gasteiger partial charge < -0.3 is 9.64 Å². The van der Waals surface area contributed by atoms with Gasteiger partial charge in [-0.25, -0.2) is 9.97 Å². The Balaban J connectivity index is 2.00. The van der Waals surface area contributed by atoms with E-state index in [0.29, 0.717) is 6.54 Å². The highest BCUT2D eigenvalue weighted by Crippen LogP contribution is 2.37. The molecule has 0 saturated carbocycles. The number of esters is 1. The molecule has 1 fully saturated rings. The second-order valence-electron chi connectivity index (χ2n) is 5.67. The molecule has 0 radical (unpaired) electrons. The van der Waals surface area contributed by atoms with Gasteiger partial charge in [0.25, 0.3) is 0 Å². The molecule has 1 saturated heterocycles. The van der Waals surface area contributed by atoms with Gasteiger partial charge in [0.2, 0.25) is 0 Å². The van der Waals surface area contributed by atoms with Gasteiger partial charge in [0.15, 0.2) is 0 Å². The number of hydrogen-bond donors (Lipinski definition) is 0. The maximum absolute atomic E-state index is 11.9. The molecule has 112 valence electrons. The first-order valence-corrected chi connectivity index (χ1v) is 7.88. The van der Waals surface area contributed by atoms with Crippen molar-refractivity contribution in [3.05, 3.63) is 16.8 Å². The first kappa shape index (κ1) is 14.3. The normalized spacial score (nSPS) is 22.0. The van der Waals surface area contributed by atoms with Crippen LogP contribution in [0.15, 0.2) is 6.33 Å². The molecule has 3 heterocycles. The van der Waals surface area contributed by atoms with Crippen molar-refractivity contribution in [1.29, 1.82) is 0 Å². The first-order valence-electron chi connectivity index (χ1n) is 7.06. The van der Waals surface area contributed by atoms with Crippen LogP contribution >= 0.6 is 11.3 Å². The summed E-state index contributed by atoms with van der Waals surface area (Å²) in [6.45, 7) is 7.79. The zero-order chi connectivity index (χ0) is 15.1. The summed E-state index contributed by atoms with van der Waals surface area (Å²) in [7, 11) is 1.45. The molecule has 0 spiro atoms. The van der Waals surface area contributed by atoms with Crippen LogP contribution in [-0.2, 0) is 9.53 Å². The monoisotopic (exact) mass is 305 g/mol. The zero-order valence-electron chi connectivity index (χ0n) is 12.7. The van der Waals surface area contributed by atoms with Crippen molar-refractivity contribution in [2.75, 3.05) is 25.1 Å². The SMILES string of the molecule is COC(=O)C1CN(c2ncnc3sc(C)c(C)c23)CC1C. The minimum Gasteiger partial charge on any atom is -0.469 e. The quantitative estimate of drug-likeness (QED) is 0.798. The number of carbonyl (C=O) groups excluding carboxylic acids is 1. The van der Waals surface area contributed by atoms with Crippen molar-refractivity contribution >= 4 is 33.3 Å². The molecule has 0 aromatic carbocycles. The van der Waals surface area contributed by atoms with Gasteiger partial charge in [0.1, 0.15) is 17.0 Å². The molecule has 0 amide bonds. The van der Waals surface area contributed by atoms with Crippen LogP contribution in [0.2, 0.25) is 0 Å². The summed E-state index contributed by atoms with van der Waals surface area (Å²) in [4.78, 5) is 25.2. The van der Waals surface area contributed by atoms with Gasteiger partial charge in [0, 0.05) is 18.0 Å². The van der Waals surface area contributed by atoms with E-state index in [-0.39, 0.29) is 17.8 Å². The predicted molar refractivity (Wildman–Crippen MR) is 83.8 cm³/mol. The minimum absolute atomic E-state index is 0.0833. The molecule has 0 aliphatic carbocycles. The van der Waals surface area contributed by atoms with E-state index < -0.39 is 0 Å². The van der Waals surface area contributed by atoms with Crippen molar-refractivity contribution in [2.24, 2.45) is 11.8 Å². The lowest BCUT2D eigenvalue weighted by Gasteiger charge is -2.18. The molecule has 0 N–H and O–H groups in total. The van der Waals surface area contributed by atoms with E-state index in [0.717, 1.165) is 22.6 Å². The maximum atomic E-state index is 11.9. The van der Waals surface area contributed by atoms with Crippen molar-refractivity contribution in [3.63, 3.8) is 0 Å². The smallest absolute Gasteiger partial charge is 0.310 e. The Hall–Kier alpha value is -1.69. The number of aromatic nitrogens is 2. The Morgan fingerprint density at radius 1 is 1.38 bits per heavy atom. The Morgan fingerprint density at radius 3 is 2.86 bits per heavy atom. The molecule has 6 heteroatoms. The number of anilines is 1. The van der Waals surface area contributed by atoms with Gasteiger partial charge in [-0.3, -0.25) is 4.79 Å². The Bertz CT molecular complexity index is 698. The number of hydrogen-bond acceptors (Lipinski definition) is 6. The van der Waals surface area contributed by atoms with Crippen molar-refractivity contribution in [1.82, 2.24) is 9.97 Å². The Morgan fingerprint density at radius 2 is 2.14 bits per heavy atom. The van der Waals surface area contributed by atoms with Crippen LogP contribution in [0.5, 0.6) is 0 Å². The minimum atomic E-state index is -0.131. The van der Waals surface area contributed by atoms with E-state index in [2.05, 4.69) is 35.6 Å². The summed E-state index contributed by atoms with van der Waals surface area (Å²) in [5.41, 5.74) is 1.24. The number of ether oxygens (including phenoxy) is 1. The number of aryl methyl sites for hydroxylation is 2. The largest absolute Gasteiger partial charge is 0.469 e. The third-order valence-electron chi connectivity index (χ3n) is 4.36. The molecule has 1 aliphatic heterocycles. The molecule has 2 unspecified atom stereocenters. The Kier molecular flexibility index (Phi) is 3.57. The molecule has 0 bridgehead atoms. The summed E-state index contributed by atoms with van der Waals surface area (Å²) in [5, 5.41) is 1.12. The van der Waals surface area contributed by atoms with E-state index >= 15 is 0 Å². The fourth-order valence-electron chi connectivity index (χ4n) is 3.00. The van der Waals surface area contributed by atoms with Crippen molar-refractivity contribution in [3.8, 4) is 0 Å². The van der Waals surface area contributed by atoms with Crippen LogP contribution in [0.3, 0.4) is 0 Å².